The number of ether oxygens (including phenoxy) is 1. The maximum Gasteiger partial charge on any atom is 0.221 e. The molecule has 0 radical (unpaired) electrons. The Bertz CT molecular complexity index is 615. The quantitative estimate of drug-likeness (QED) is 0.856. The lowest BCUT2D eigenvalue weighted by molar-refractivity contribution is 0.323. The Morgan fingerprint density at radius 2 is 2.10 bits per heavy atom. The van der Waals surface area contributed by atoms with Crippen molar-refractivity contribution in [1.29, 1.82) is 0 Å². The minimum absolute atomic E-state index is 0.150. The van der Waals surface area contributed by atoms with Crippen LogP contribution in [-0.4, -0.2) is 23.6 Å². The number of anilines is 2. The molecule has 0 spiro atoms. The molecule has 1 aromatic heterocycles. The van der Waals surface area contributed by atoms with Gasteiger partial charge in [-0.2, -0.15) is 0 Å². The van der Waals surface area contributed by atoms with Gasteiger partial charge in [0.15, 0.2) is 0 Å². The van der Waals surface area contributed by atoms with E-state index in [-0.39, 0.29) is 6.04 Å². The number of hydrogen-bond acceptors (Lipinski definition) is 5. The number of benzene rings is 1. The first-order chi connectivity index (χ1) is 10.0. The third-order valence-corrected chi connectivity index (χ3v) is 3.60. The first-order valence-electron chi connectivity index (χ1n) is 7.07. The largest absolute Gasteiger partial charge is 0.478 e. The molecule has 0 saturated carbocycles. The summed E-state index contributed by atoms with van der Waals surface area (Å²) in [5.74, 6) is 1.50. The zero-order valence-corrected chi connectivity index (χ0v) is 13.0. The van der Waals surface area contributed by atoms with Crippen LogP contribution in [0.3, 0.4) is 0 Å². The summed E-state index contributed by atoms with van der Waals surface area (Å²) < 4.78 is 5.53. The fraction of sp³-hybridized carbons (Fsp3) is 0.375. The fourth-order valence-electron chi connectivity index (χ4n) is 2.29. The van der Waals surface area contributed by atoms with Gasteiger partial charge in [0.25, 0.3) is 0 Å². The van der Waals surface area contributed by atoms with Crippen molar-refractivity contribution in [2.24, 2.45) is 0 Å². The number of rotatable bonds is 5. The fourth-order valence-corrected chi connectivity index (χ4v) is 2.29. The summed E-state index contributed by atoms with van der Waals surface area (Å²) in [6.07, 6.45) is 1.54. The Balaban J connectivity index is 2.31. The van der Waals surface area contributed by atoms with E-state index in [9.17, 15) is 0 Å². The highest BCUT2D eigenvalue weighted by Crippen LogP contribution is 2.29. The van der Waals surface area contributed by atoms with E-state index in [1.165, 1.54) is 6.33 Å². The zero-order valence-electron chi connectivity index (χ0n) is 13.0. The van der Waals surface area contributed by atoms with Crippen molar-refractivity contribution in [2.75, 3.05) is 24.3 Å². The summed E-state index contributed by atoms with van der Waals surface area (Å²) in [4.78, 5) is 10.7. The Hall–Kier alpha value is -2.30. The molecule has 1 atom stereocenters. The predicted octanol–water partition coefficient (Wildman–Crippen LogP) is 2.96. The molecule has 5 nitrogen and oxygen atoms in total. The Labute approximate surface area is 125 Å². The topological polar surface area (TPSA) is 64.3 Å². The highest BCUT2D eigenvalue weighted by atomic mass is 16.5. The summed E-state index contributed by atoms with van der Waals surface area (Å²) >= 11 is 0. The van der Waals surface area contributed by atoms with E-state index in [1.54, 1.807) is 0 Å². The minimum Gasteiger partial charge on any atom is -0.478 e. The number of nitrogen functional groups attached to an aromatic ring is 1. The van der Waals surface area contributed by atoms with Crippen LogP contribution in [0.5, 0.6) is 5.88 Å². The average Bonchev–Trinajstić information content (AvgIpc) is 2.48. The molecule has 112 valence electrons. The minimum atomic E-state index is 0.150. The molecular weight excluding hydrogens is 264 g/mol. The molecule has 0 aliphatic heterocycles. The van der Waals surface area contributed by atoms with Gasteiger partial charge in [-0.15, -0.1) is 0 Å². The van der Waals surface area contributed by atoms with Gasteiger partial charge in [0.1, 0.15) is 12.1 Å². The van der Waals surface area contributed by atoms with Gasteiger partial charge in [-0.05, 0) is 38.5 Å². The van der Waals surface area contributed by atoms with Crippen LogP contribution in [0, 0.1) is 6.92 Å². The summed E-state index contributed by atoms with van der Waals surface area (Å²) in [5, 5.41) is 0. The smallest absolute Gasteiger partial charge is 0.221 e. The third-order valence-electron chi connectivity index (χ3n) is 3.60. The van der Waals surface area contributed by atoms with Crippen molar-refractivity contribution in [2.45, 2.75) is 26.8 Å². The molecule has 21 heavy (non-hydrogen) atoms. The lowest BCUT2D eigenvalue weighted by Crippen LogP contribution is -2.24. The number of nitrogens with two attached hydrogens (primary N) is 1. The Kier molecular flexibility index (Phi) is 4.62. The molecule has 1 heterocycles. The third kappa shape index (κ3) is 3.24. The first-order valence-corrected chi connectivity index (χ1v) is 7.07. The molecular formula is C16H22N4O. The zero-order chi connectivity index (χ0) is 15.4. The van der Waals surface area contributed by atoms with E-state index in [0.717, 1.165) is 22.6 Å². The van der Waals surface area contributed by atoms with Crippen LogP contribution >= 0.6 is 0 Å². The van der Waals surface area contributed by atoms with Crippen molar-refractivity contribution in [3.8, 4) is 5.88 Å². The van der Waals surface area contributed by atoms with E-state index in [0.29, 0.717) is 12.5 Å². The summed E-state index contributed by atoms with van der Waals surface area (Å²) in [6.45, 7) is 6.63. The SMILES string of the molecule is CCOc1ncnc(N(C)C(C)c2cccc(N)c2)c1C. The van der Waals surface area contributed by atoms with Crippen LogP contribution in [0.2, 0.25) is 0 Å². The van der Waals surface area contributed by atoms with E-state index in [2.05, 4.69) is 27.9 Å². The van der Waals surface area contributed by atoms with Crippen LogP contribution in [0.1, 0.15) is 31.0 Å². The van der Waals surface area contributed by atoms with E-state index >= 15 is 0 Å². The van der Waals surface area contributed by atoms with Crippen molar-refractivity contribution < 1.29 is 4.74 Å². The maximum absolute atomic E-state index is 5.86. The number of hydrogen-bond donors (Lipinski definition) is 1. The van der Waals surface area contributed by atoms with Crippen LogP contribution in [0.4, 0.5) is 11.5 Å². The second-order valence-corrected chi connectivity index (χ2v) is 5.02. The molecule has 1 aromatic carbocycles. The molecule has 1 unspecified atom stereocenters. The van der Waals surface area contributed by atoms with Gasteiger partial charge < -0.3 is 15.4 Å². The van der Waals surface area contributed by atoms with Crippen LogP contribution < -0.4 is 15.4 Å². The molecule has 0 fully saturated rings. The van der Waals surface area contributed by atoms with Crippen molar-refractivity contribution >= 4 is 11.5 Å². The van der Waals surface area contributed by atoms with Crippen molar-refractivity contribution in [3.63, 3.8) is 0 Å². The van der Waals surface area contributed by atoms with Gasteiger partial charge in [-0.3, -0.25) is 0 Å². The molecule has 2 rings (SSSR count). The standard InChI is InChI=1S/C16H22N4O/c1-5-21-16-11(2)15(18-10-19-16)20(4)12(3)13-7-6-8-14(17)9-13/h6-10,12H,5,17H2,1-4H3. The Morgan fingerprint density at radius 1 is 1.33 bits per heavy atom. The summed E-state index contributed by atoms with van der Waals surface area (Å²) in [7, 11) is 2.01. The van der Waals surface area contributed by atoms with Gasteiger partial charge in [0.2, 0.25) is 5.88 Å². The van der Waals surface area contributed by atoms with E-state index < -0.39 is 0 Å². The second kappa shape index (κ2) is 6.43. The molecule has 2 aromatic rings. The van der Waals surface area contributed by atoms with Gasteiger partial charge in [0.05, 0.1) is 18.2 Å². The maximum atomic E-state index is 5.86. The van der Waals surface area contributed by atoms with Gasteiger partial charge >= 0.3 is 0 Å². The monoisotopic (exact) mass is 286 g/mol. The average molecular weight is 286 g/mol. The van der Waals surface area contributed by atoms with Gasteiger partial charge in [-0.1, -0.05) is 12.1 Å². The predicted molar refractivity (Wildman–Crippen MR) is 85.6 cm³/mol. The molecule has 5 heteroatoms. The molecule has 0 amide bonds. The summed E-state index contributed by atoms with van der Waals surface area (Å²) in [5.41, 5.74) is 8.72. The van der Waals surface area contributed by atoms with Crippen LogP contribution in [0.15, 0.2) is 30.6 Å². The number of nitrogens with zero attached hydrogens (tertiary/aromatic N) is 3. The van der Waals surface area contributed by atoms with Crippen molar-refractivity contribution in [3.05, 3.63) is 41.7 Å². The first kappa shape index (κ1) is 15.1. The lowest BCUT2D eigenvalue weighted by Gasteiger charge is -2.28. The Morgan fingerprint density at radius 3 is 2.76 bits per heavy atom. The lowest BCUT2D eigenvalue weighted by atomic mass is 10.1. The molecule has 0 bridgehead atoms. The van der Waals surface area contributed by atoms with Gasteiger partial charge in [0, 0.05) is 12.7 Å². The van der Waals surface area contributed by atoms with Crippen LogP contribution in [-0.2, 0) is 0 Å². The highest BCUT2D eigenvalue weighted by Gasteiger charge is 2.18. The van der Waals surface area contributed by atoms with E-state index in [4.69, 9.17) is 10.5 Å². The molecule has 0 saturated heterocycles. The molecule has 0 aliphatic carbocycles. The van der Waals surface area contributed by atoms with Crippen LogP contribution in [0.25, 0.3) is 0 Å². The second-order valence-electron chi connectivity index (χ2n) is 5.02. The normalized spacial score (nSPS) is 12.0. The van der Waals surface area contributed by atoms with Gasteiger partial charge in [-0.25, -0.2) is 9.97 Å². The molecule has 0 aliphatic rings. The number of aromatic nitrogens is 2. The van der Waals surface area contributed by atoms with Crippen molar-refractivity contribution in [1.82, 2.24) is 9.97 Å². The molecule has 2 N–H and O–H groups in total. The highest BCUT2D eigenvalue weighted by molar-refractivity contribution is 5.52. The summed E-state index contributed by atoms with van der Waals surface area (Å²) in [6, 6.07) is 8.06. The van der Waals surface area contributed by atoms with E-state index in [1.807, 2.05) is 39.1 Å².